The Morgan fingerprint density at radius 2 is 2.25 bits per heavy atom. The second kappa shape index (κ2) is 5.86. The highest BCUT2D eigenvalue weighted by molar-refractivity contribution is 5.93. The molecule has 0 bridgehead atoms. The lowest BCUT2D eigenvalue weighted by molar-refractivity contribution is 0.0728. The molecule has 1 aliphatic heterocycles. The van der Waals surface area contributed by atoms with Gasteiger partial charge in [0, 0.05) is 32.6 Å². The van der Waals surface area contributed by atoms with E-state index < -0.39 is 0 Å². The Morgan fingerprint density at radius 1 is 1.56 bits per heavy atom. The maximum Gasteiger partial charge on any atom is 0.276 e. The quantitative estimate of drug-likeness (QED) is 0.834. The van der Waals surface area contributed by atoms with Crippen molar-refractivity contribution < 1.29 is 9.21 Å². The van der Waals surface area contributed by atoms with Crippen molar-refractivity contribution in [2.24, 2.45) is 0 Å². The normalized spacial score (nSPS) is 15.7. The summed E-state index contributed by atoms with van der Waals surface area (Å²) in [6, 6.07) is 0. The van der Waals surface area contributed by atoms with Crippen LogP contribution >= 0.6 is 12.4 Å². The van der Waals surface area contributed by atoms with E-state index >= 15 is 0 Å². The van der Waals surface area contributed by atoms with E-state index in [1.165, 1.54) is 6.39 Å². The first-order chi connectivity index (χ1) is 7.33. The van der Waals surface area contributed by atoms with Crippen molar-refractivity contribution in [3.63, 3.8) is 0 Å². The molecule has 1 aliphatic rings. The predicted octanol–water partition coefficient (Wildman–Crippen LogP) is 0.704. The van der Waals surface area contributed by atoms with E-state index in [1.807, 2.05) is 11.8 Å². The van der Waals surface area contributed by atoms with Crippen molar-refractivity contribution in [2.45, 2.75) is 13.3 Å². The largest absolute Gasteiger partial charge is 0.448 e. The standard InChI is InChI=1S/C10H15N3O2.ClH/c1-2-8-9(12-7-15-8)10(14)13-5-3-11-4-6-13;/h7,11H,2-6H2,1H3;1H. The minimum Gasteiger partial charge on any atom is -0.448 e. The Balaban J connectivity index is 0.00000128. The van der Waals surface area contributed by atoms with Gasteiger partial charge in [-0.25, -0.2) is 4.98 Å². The number of hydrogen-bond acceptors (Lipinski definition) is 4. The number of aryl methyl sites for hydroxylation is 1. The molecule has 0 unspecified atom stereocenters. The number of hydrogen-bond donors (Lipinski definition) is 1. The van der Waals surface area contributed by atoms with E-state index in [1.54, 1.807) is 0 Å². The van der Waals surface area contributed by atoms with Crippen molar-refractivity contribution in [3.05, 3.63) is 17.8 Å². The predicted molar refractivity (Wildman–Crippen MR) is 61.9 cm³/mol. The minimum absolute atomic E-state index is 0. The summed E-state index contributed by atoms with van der Waals surface area (Å²) in [6.07, 6.45) is 2.04. The topological polar surface area (TPSA) is 58.4 Å². The fourth-order valence-electron chi connectivity index (χ4n) is 1.71. The van der Waals surface area contributed by atoms with Gasteiger partial charge in [-0.3, -0.25) is 4.79 Å². The van der Waals surface area contributed by atoms with E-state index in [4.69, 9.17) is 4.42 Å². The van der Waals surface area contributed by atoms with Gasteiger partial charge in [-0.05, 0) is 0 Å². The van der Waals surface area contributed by atoms with E-state index in [2.05, 4.69) is 10.3 Å². The molecule has 0 saturated carbocycles. The van der Waals surface area contributed by atoms with Crippen molar-refractivity contribution in [1.29, 1.82) is 0 Å². The molecule has 5 nitrogen and oxygen atoms in total. The fraction of sp³-hybridized carbons (Fsp3) is 0.600. The van der Waals surface area contributed by atoms with Crippen LogP contribution in [0.3, 0.4) is 0 Å². The number of carbonyl (C=O) groups excluding carboxylic acids is 1. The SMILES string of the molecule is CCc1ocnc1C(=O)N1CCNCC1.Cl. The molecular weight excluding hydrogens is 230 g/mol. The van der Waals surface area contributed by atoms with Crippen LogP contribution in [0.15, 0.2) is 10.8 Å². The highest BCUT2D eigenvalue weighted by Crippen LogP contribution is 2.11. The molecule has 0 aliphatic carbocycles. The third-order valence-electron chi connectivity index (χ3n) is 2.57. The van der Waals surface area contributed by atoms with Gasteiger partial charge < -0.3 is 14.6 Å². The van der Waals surface area contributed by atoms with Crippen LogP contribution in [-0.4, -0.2) is 42.0 Å². The molecule has 0 aromatic carbocycles. The lowest BCUT2D eigenvalue weighted by atomic mass is 10.2. The van der Waals surface area contributed by atoms with Gasteiger partial charge >= 0.3 is 0 Å². The molecule has 1 amide bonds. The zero-order valence-electron chi connectivity index (χ0n) is 9.23. The molecule has 6 heteroatoms. The molecule has 2 rings (SSSR count). The van der Waals surface area contributed by atoms with Gasteiger partial charge in [0.25, 0.3) is 5.91 Å². The van der Waals surface area contributed by atoms with Crippen molar-refractivity contribution in [2.75, 3.05) is 26.2 Å². The highest BCUT2D eigenvalue weighted by atomic mass is 35.5. The molecule has 1 saturated heterocycles. The third kappa shape index (κ3) is 2.54. The summed E-state index contributed by atoms with van der Waals surface area (Å²) in [6.45, 7) is 5.15. The lowest BCUT2D eigenvalue weighted by Crippen LogP contribution is -2.46. The van der Waals surface area contributed by atoms with Crippen LogP contribution in [0.25, 0.3) is 0 Å². The molecule has 2 heterocycles. The zero-order valence-corrected chi connectivity index (χ0v) is 10.0. The number of oxazole rings is 1. The first-order valence-corrected chi connectivity index (χ1v) is 5.25. The summed E-state index contributed by atoms with van der Waals surface area (Å²) in [5.74, 6) is 0.667. The van der Waals surface area contributed by atoms with Gasteiger partial charge in [-0.2, -0.15) is 0 Å². The molecule has 1 fully saturated rings. The number of nitrogens with one attached hydrogen (secondary N) is 1. The van der Waals surface area contributed by atoms with Crippen LogP contribution in [0.5, 0.6) is 0 Å². The minimum atomic E-state index is -0.0119. The van der Waals surface area contributed by atoms with Crippen molar-refractivity contribution >= 4 is 18.3 Å². The summed E-state index contributed by atoms with van der Waals surface area (Å²) < 4.78 is 5.15. The average Bonchev–Trinajstić information content (AvgIpc) is 2.77. The molecule has 90 valence electrons. The van der Waals surface area contributed by atoms with Gasteiger partial charge in [0.15, 0.2) is 12.1 Å². The third-order valence-corrected chi connectivity index (χ3v) is 2.57. The number of carbonyl (C=O) groups is 1. The molecule has 0 atom stereocenters. The first kappa shape index (κ1) is 13.0. The fourth-order valence-corrected chi connectivity index (χ4v) is 1.71. The Bertz CT molecular complexity index is 348. The van der Waals surface area contributed by atoms with Crippen LogP contribution in [0.1, 0.15) is 23.2 Å². The zero-order chi connectivity index (χ0) is 10.7. The number of piperazine rings is 1. The van der Waals surface area contributed by atoms with Crippen LogP contribution in [0.2, 0.25) is 0 Å². The number of aromatic nitrogens is 1. The van der Waals surface area contributed by atoms with Crippen LogP contribution in [0, 0.1) is 0 Å². The molecule has 1 aromatic rings. The average molecular weight is 246 g/mol. The molecule has 1 N–H and O–H groups in total. The van der Waals surface area contributed by atoms with E-state index in [-0.39, 0.29) is 18.3 Å². The van der Waals surface area contributed by atoms with E-state index in [0.29, 0.717) is 17.9 Å². The van der Waals surface area contributed by atoms with Gasteiger partial charge in [-0.15, -0.1) is 12.4 Å². The van der Waals surface area contributed by atoms with Gasteiger partial charge in [0.2, 0.25) is 0 Å². The smallest absolute Gasteiger partial charge is 0.276 e. The molecule has 0 spiro atoms. The Labute approximate surface area is 101 Å². The van der Waals surface area contributed by atoms with Crippen molar-refractivity contribution in [3.8, 4) is 0 Å². The van der Waals surface area contributed by atoms with E-state index in [0.717, 1.165) is 26.2 Å². The molecule has 0 radical (unpaired) electrons. The number of halogens is 1. The number of amides is 1. The molecular formula is C10H16ClN3O2. The lowest BCUT2D eigenvalue weighted by Gasteiger charge is -2.26. The Kier molecular flexibility index (Phi) is 4.76. The number of nitrogens with zero attached hydrogens (tertiary/aromatic N) is 2. The molecule has 16 heavy (non-hydrogen) atoms. The second-order valence-corrected chi connectivity index (χ2v) is 3.52. The maximum absolute atomic E-state index is 12.0. The maximum atomic E-state index is 12.0. The Morgan fingerprint density at radius 3 is 2.88 bits per heavy atom. The van der Waals surface area contributed by atoms with Gasteiger partial charge in [0.1, 0.15) is 5.76 Å². The van der Waals surface area contributed by atoms with Crippen molar-refractivity contribution in [1.82, 2.24) is 15.2 Å². The summed E-state index contributed by atoms with van der Waals surface area (Å²) >= 11 is 0. The summed E-state index contributed by atoms with van der Waals surface area (Å²) in [7, 11) is 0. The number of rotatable bonds is 2. The summed E-state index contributed by atoms with van der Waals surface area (Å²) in [4.78, 5) is 17.8. The van der Waals surface area contributed by atoms with Crippen LogP contribution in [0.4, 0.5) is 0 Å². The highest BCUT2D eigenvalue weighted by Gasteiger charge is 2.22. The van der Waals surface area contributed by atoms with E-state index in [9.17, 15) is 4.79 Å². The summed E-state index contributed by atoms with van der Waals surface area (Å²) in [5, 5.41) is 3.21. The van der Waals surface area contributed by atoms with Gasteiger partial charge in [0.05, 0.1) is 0 Å². The summed E-state index contributed by atoms with van der Waals surface area (Å²) in [5.41, 5.74) is 0.472. The van der Waals surface area contributed by atoms with Crippen LogP contribution in [-0.2, 0) is 6.42 Å². The second-order valence-electron chi connectivity index (χ2n) is 3.52. The first-order valence-electron chi connectivity index (χ1n) is 5.25. The Hall–Kier alpha value is -1.07. The van der Waals surface area contributed by atoms with Gasteiger partial charge in [-0.1, -0.05) is 6.92 Å². The molecule has 1 aromatic heterocycles. The monoisotopic (exact) mass is 245 g/mol. The van der Waals surface area contributed by atoms with Crippen LogP contribution < -0.4 is 5.32 Å².